The zero-order valence-corrected chi connectivity index (χ0v) is 18.7. The van der Waals surface area contributed by atoms with Crippen molar-refractivity contribution in [3.63, 3.8) is 0 Å². The van der Waals surface area contributed by atoms with E-state index in [2.05, 4.69) is 28.8 Å². The first-order valence-corrected chi connectivity index (χ1v) is 10.9. The smallest absolute Gasteiger partial charge is 0.249 e. The van der Waals surface area contributed by atoms with Crippen molar-refractivity contribution in [3.05, 3.63) is 71.8 Å². The third-order valence-electron chi connectivity index (χ3n) is 6.23. The van der Waals surface area contributed by atoms with Crippen molar-refractivity contribution in [2.45, 2.75) is 38.4 Å². The number of hydrogen-bond acceptors (Lipinski definition) is 4. The number of fused-ring (bicyclic) bond motifs is 2. The molecule has 6 heteroatoms. The van der Waals surface area contributed by atoms with Gasteiger partial charge in [-0.15, -0.1) is 0 Å². The van der Waals surface area contributed by atoms with Gasteiger partial charge in [-0.3, -0.25) is 9.59 Å². The lowest BCUT2D eigenvalue weighted by Crippen LogP contribution is -2.52. The van der Waals surface area contributed by atoms with E-state index < -0.39 is 6.04 Å². The average molecular weight is 432 g/mol. The van der Waals surface area contributed by atoms with Crippen LogP contribution in [0.15, 0.2) is 60.7 Å². The molecule has 1 heterocycles. The van der Waals surface area contributed by atoms with Gasteiger partial charge >= 0.3 is 0 Å². The van der Waals surface area contributed by atoms with Gasteiger partial charge in [0.05, 0.1) is 19.7 Å². The lowest BCUT2D eigenvalue weighted by molar-refractivity contribution is -0.128. The number of anilines is 1. The number of benzene rings is 3. The highest BCUT2D eigenvalue weighted by Gasteiger charge is 2.32. The van der Waals surface area contributed by atoms with Crippen molar-refractivity contribution >= 4 is 28.3 Å². The molecule has 0 fully saturated rings. The van der Waals surface area contributed by atoms with E-state index in [9.17, 15) is 9.59 Å². The number of aryl methyl sites for hydroxylation is 1. The van der Waals surface area contributed by atoms with E-state index >= 15 is 0 Å². The summed E-state index contributed by atoms with van der Waals surface area (Å²) in [6, 6.07) is 19.1. The lowest BCUT2D eigenvalue weighted by Gasteiger charge is -2.28. The van der Waals surface area contributed by atoms with Gasteiger partial charge in [0.2, 0.25) is 11.8 Å². The molecule has 1 aliphatic heterocycles. The van der Waals surface area contributed by atoms with Gasteiger partial charge in [0.25, 0.3) is 0 Å². The number of nitrogens with one attached hydrogen (secondary N) is 2. The van der Waals surface area contributed by atoms with Crippen LogP contribution in [0.5, 0.6) is 5.75 Å². The summed E-state index contributed by atoms with van der Waals surface area (Å²) in [7, 11) is 3.38. The molecule has 3 aromatic carbocycles. The van der Waals surface area contributed by atoms with E-state index in [0.29, 0.717) is 19.4 Å². The molecule has 2 N–H and O–H groups in total. The molecule has 6 nitrogen and oxygen atoms in total. The molecule has 0 aromatic heterocycles. The molecular weight excluding hydrogens is 402 g/mol. The SMILES string of the molecule is CN[C@@H](C)C(=O)NC1CCc2ccccc2N(Cc2c(OC)ccc3ccccc23)C1=O. The van der Waals surface area contributed by atoms with Crippen molar-refractivity contribution < 1.29 is 14.3 Å². The van der Waals surface area contributed by atoms with E-state index in [1.807, 2.05) is 42.5 Å². The fourth-order valence-electron chi connectivity index (χ4n) is 4.27. The molecule has 32 heavy (non-hydrogen) atoms. The van der Waals surface area contributed by atoms with E-state index in [1.165, 1.54) is 0 Å². The predicted octanol–water partition coefficient (Wildman–Crippen LogP) is 3.42. The molecule has 0 radical (unpaired) electrons. The number of ether oxygens (including phenoxy) is 1. The highest BCUT2D eigenvalue weighted by Crippen LogP contribution is 2.34. The molecule has 2 amide bonds. The summed E-state index contributed by atoms with van der Waals surface area (Å²) in [5.74, 6) is 0.448. The van der Waals surface area contributed by atoms with Crippen LogP contribution >= 0.6 is 0 Å². The Kier molecular flexibility index (Phi) is 6.42. The standard InChI is InChI=1S/C26H29N3O3/c1-17(27-2)25(30)28-22-14-12-19-9-5-7-11-23(19)29(26(22)31)16-21-20-10-6-4-8-18(20)13-15-24(21)32-3/h4-11,13,15,17,22,27H,12,14,16H2,1-3H3,(H,28,30)/t17-,22?/m0/s1. The summed E-state index contributed by atoms with van der Waals surface area (Å²) in [5.41, 5.74) is 2.92. The Morgan fingerprint density at radius 1 is 1.12 bits per heavy atom. The maximum Gasteiger partial charge on any atom is 0.249 e. The number of para-hydroxylation sites is 1. The number of amides is 2. The van der Waals surface area contributed by atoms with Crippen molar-refractivity contribution in [1.82, 2.24) is 10.6 Å². The van der Waals surface area contributed by atoms with Crippen LogP contribution in [0.1, 0.15) is 24.5 Å². The number of carbonyl (C=O) groups is 2. The summed E-state index contributed by atoms with van der Waals surface area (Å²) >= 11 is 0. The highest BCUT2D eigenvalue weighted by atomic mass is 16.5. The molecule has 0 bridgehead atoms. The molecule has 0 saturated carbocycles. The number of methoxy groups -OCH3 is 1. The van der Waals surface area contributed by atoms with Crippen molar-refractivity contribution in [2.75, 3.05) is 19.1 Å². The maximum absolute atomic E-state index is 13.7. The number of nitrogens with zero attached hydrogens (tertiary/aromatic N) is 1. The lowest BCUT2D eigenvalue weighted by atomic mass is 10.0. The van der Waals surface area contributed by atoms with E-state index in [0.717, 1.165) is 33.3 Å². The molecule has 0 spiro atoms. The quantitative estimate of drug-likeness (QED) is 0.628. The Hall–Kier alpha value is -3.38. The molecule has 0 aliphatic carbocycles. The van der Waals surface area contributed by atoms with Gasteiger partial charge < -0.3 is 20.3 Å². The fraction of sp³-hybridized carbons (Fsp3) is 0.308. The Bertz CT molecular complexity index is 1140. The summed E-state index contributed by atoms with van der Waals surface area (Å²) in [4.78, 5) is 28.1. The number of hydrogen-bond donors (Lipinski definition) is 2. The normalized spacial score (nSPS) is 16.9. The molecule has 1 aliphatic rings. The Morgan fingerprint density at radius 2 is 1.88 bits per heavy atom. The first kappa shape index (κ1) is 21.8. The van der Waals surface area contributed by atoms with Gasteiger partial charge in [0.15, 0.2) is 0 Å². The zero-order chi connectivity index (χ0) is 22.7. The Balaban J connectivity index is 1.76. The topological polar surface area (TPSA) is 70.7 Å². The molecule has 4 rings (SSSR count). The zero-order valence-electron chi connectivity index (χ0n) is 18.7. The average Bonchev–Trinajstić information content (AvgIpc) is 2.95. The third-order valence-corrected chi connectivity index (χ3v) is 6.23. The van der Waals surface area contributed by atoms with Crippen LogP contribution in [0.4, 0.5) is 5.69 Å². The van der Waals surface area contributed by atoms with Crippen LogP contribution in [0.25, 0.3) is 10.8 Å². The van der Waals surface area contributed by atoms with Gasteiger partial charge in [-0.25, -0.2) is 0 Å². The van der Waals surface area contributed by atoms with Crippen LogP contribution in [-0.2, 0) is 22.6 Å². The van der Waals surface area contributed by atoms with E-state index in [4.69, 9.17) is 4.74 Å². The van der Waals surface area contributed by atoms with Gasteiger partial charge in [-0.05, 0) is 55.3 Å². The first-order valence-electron chi connectivity index (χ1n) is 10.9. The summed E-state index contributed by atoms with van der Waals surface area (Å²) in [6.07, 6.45) is 1.27. The molecular formula is C26H29N3O3. The van der Waals surface area contributed by atoms with Crippen LogP contribution in [0.2, 0.25) is 0 Å². The molecule has 2 atom stereocenters. The van der Waals surface area contributed by atoms with Crippen molar-refractivity contribution in [3.8, 4) is 5.75 Å². The Morgan fingerprint density at radius 3 is 2.66 bits per heavy atom. The monoisotopic (exact) mass is 431 g/mol. The largest absolute Gasteiger partial charge is 0.496 e. The second-order valence-corrected chi connectivity index (χ2v) is 8.13. The van der Waals surface area contributed by atoms with Gasteiger partial charge in [0.1, 0.15) is 11.8 Å². The van der Waals surface area contributed by atoms with Gasteiger partial charge in [-0.1, -0.05) is 48.5 Å². The second-order valence-electron chi connectivity index (χ2n) is 8.13. The minimum absolute atomic E-state index is 0.110. The minimum Gasteiger partial charge on any atom is -0.496 e. The fourth-order valence-corrected chi connectivity index (χ4v) is 4.27. The van der Waals surface area contributed by atoms with Crippen molar-refractivity contribution in [1.29, 1.82) is 0 Å². The summed E-state index contributed by atoms with van der Waals surface area (Å²) in [6.45, 7) is 2.14. The number of likely N-dealkylation sites (N-methyl/N-ethyl adjacent to an activating group) is 1. The first-order chi connectivity index (χ1) is 15.5. The predicted molar refractivity (Wildman–Crippen MR) is 127 cm³/mol. The Labute approximate surface area is 188 Å². The van der Waals surface area contributed by atoms with Crippen molar-refractivity contribution in [2.24, 2.45) is 0 Å². The van der Waals surface area contributed by atoms with Crippen LogP contribution in [-0.4, -0.2) is 38.1 Å². The second kappa shape index (κ2) is 9.40. The highest BCUT2D eigenvalue weighted by molar-refractivity contribution is 6.01. The van der Waals surface area contributed by atoms with Crippen LogP contribution in [0.3, 0.4) is 0 Å². The summed E-state index contributed by atoms with van der Waals surface area (Å²) in [5, 5.41) is 8.02. The number of carbonyl (C=O) groups excluding carboxylic acids is 2. The maximum atomic E-state index is 13.7. The van der Waals surface area contributed by atoms with E-state index in [-0.39, 0.29) is 17.9 Å². The molecule has 0 saturated heterocycles. The third kappa shape index (κ3) is 4.18. The van der Waals surface area contributed by atoms with Crippen LogP contribution < -0.4 is 20.3 Å². The molecule has 1 unspecified atom stereocenters. The summed E-state index contributed by atoms with van der Waals surface area (Å²) < 4.78 is 5.67. The molecule has 3 aromatic rings. The van der Waals surface area contributed by atoms with Crippen LogP contribution in [0, 0.1) is 0 Å². The molecule has 166 valence electrons. The van der Waals surface area contributed by atoms with E-state index in [1.54, 1.807) is 26.0 Å². The van der Waals surface area contributed by atoms with Gasteiger partial charge in [-0.2, -0.15) is 0 Å². The number of rotatable bonds is 6. The van der Waals surface area contributed by atoms with Gasteiger partial charge in [0, 0.05) is 11.3 Å². The minimum atomic E-state index is -0.591.